The molecule has 1 unspecified atom stereocenters. The summed E-state index contributed by atoms with van der Waals surface area (Å²) in [5.74, 6) is -0.151. The molecule has 4 nitrogen and oxygen atoms in total. The predicted octanol–water partition coefficient (Wildman–Crippen LogP) is 3.41. The molecule has 2 rings (SSSR count). The summed E-state index contributed by atoms with van der Waals surface area (Å²) in [6.07, 6.45) is 0.376. The second-order valence-corrected chi connectivity index (χ2v) is 7.67. The number of esters is 1. The lowest BCUT2D eigenvalue weighted by Gasteiger charge is -2.37. The Labute approximate surface area is 143 Å². The number of halogens is 2. The van der Waals surface area contributed by atoms with Crippen LogP contribution in [0.4, 0.5) is 0 Å². The number of nitrogens with zero attached hydrogens (tertiary/aromatic N) is 2. The van der Waals surface area contributed by atoms with Crippen molar-refractivity contribution >= 4 is 44.8 Å². The minimum absolute atomic E-state index is 0.0477. The second-order valence-electron chi connectivity index (χ2n) is 5.13. The number of hydrogen-bond acceptors (Lipinski definition) is 5. The molecule has 0 aromatic carbocycles. The Morgan fingerprint density at radius 2 is 2.14 bits per heavy atom. The number of hydrogen-bond donors (Lipinski definition) is 0. The van der Waals surface area contributed by atoms with Crippen LogP contribution < -0.4 is 0 Å². The molecule has 0 N–H and O–H groups in total. The van der Waals surface area contributed by atoms with Crippen molar-refractivity contribution in [3.63, 3.8) is 0 Å². The Morgan fingerprint density at radius 1 is 1.48 bits per heavy atom. The second kappa shape index (κ2) is 7.92. The minimum atomic E-state index is -0.151. The van der Waals surface area contributed by atoms with Crippen LogP contribution in [-0.4, -0.2) is 55.6 Å². The first-order chi connectivity index (χ1) is 10.0. The lowest BCUT2D eigenvalue weighted by molar-refractivity contribution is -0.144. The predicted molar refractivity (Wildman–Crippen MR) is 90.1 cm³/mol. The Balaban J connectivity index is 2.15. The maximum absolute atomic E-state index is 11.9. The third-order valence-electron chi connectivity index (χ3n) is 3.64. The molecule has 7 heteroatoms. The first-order valence-electron chi connectivity index (χ1n) is 7.04. The third-order valence-corrected chi connectivity index (χ3v) is 6.21. The van der Waals surface area contributed by atoms with E-state index in [1.54, 1.807) is 0 Å². The van der Waals surface area contributed by atoms with Crippen LogP contribution in [0, 0.1) is 0 Å². The molecule has 1 aliphatic heterocycles. The summed E-state index contributed by atoms with van der Waals surface area (Å²) in [4.78, 5) is 17.7. The molecule has 0 amide bonds. The van der Waals surface area contributed by atoms with Gasteiger partial charge in [0.05, 0.1) is 19.1 Å². The summed E-state index contributed by atoms with van der Waals surface area (Å²) in [5.41, 5.74) is 0. The SMILES string of the molecule is CCOC(=O)CC(c1cc(Br)c(Cl)s1)N1CCN(C)CC1. The molecule has 0 spiro atoms. The van der Waals surface area contributed by atoms with Gasteiger partial charge in [0.2, 0.25) is 0 Å². The molecular formula is C14H20BrClN2O2S. The number of ether oxygens (including phenoxy) is 1. The van der Waals surface area contributed by atoms with Crippen LogP contribution in [0.25, 0.3) is 0 Å². The molecule has 0 bridgehead atoms. The molecule has 1 fully saturated rings. The van der Waals surface area contributed by atoms with E-state index in [0.717, 1.165) is 39.9 Å². The van der Waals surface area contributed by atoms with E-state index in [2.05, 4.69) is 32.8 Å². The summed E-state index contributed by atoms with van der Waals surface area (Å²) in [5, 5.41) is 0. The van der Waals surface area contributed by atoms with Gasteiger partial charge in [0, 0.05) is 35.5 Å². The molecule has 21 heavy (non-hydrogen) atoms. The van der Waals surface area contributed by atoms with Crippen LogP contribution in [0.5, 0.6) is 0 Å². The number of piperazine rings is 1. The monoisotopic (exact) mass is 394 g/mol. The van der Waals surface area contributed by atoms with Crippen molar-refractivity contribution in [3.05, 3.63) is 19.8 Å². The van der Waals surface area contributed by atoms with Gasteiger partial charge in [-0.3, -0.25) is 9.69 Å². The quantitative estimate of drug-likeness (QED) is 0.715. The van der Waals surface area contributed by atoms with Crippen LogP contribution in [0.3, 0.4) is 0 Å². The maximum Gasteiger partial charge on any atom is 0.307 e. The lowest BCUT2D eigenvalue weighted by atomic mass is 10.1. The highest BCUT2D eigenvalue weighted by atomic mass is 79.9. The molecule has 1 aromatic heterocycles. The summed E-state index contributed by atoms with van der Waals surface area (Å²) in [6.45, 7) is 6.19. The van der Waals surface area contributed by atoms with Gasteiger partial charge in [-0.05, 0) is 36.0 Å². The van der Waals surface area contributed by atoms with Gasteiger partial charge in [-0.1, -0.05) is 11.6 Å². The molecule has 1 aliphatic rings. The molecule has 118 valence electrons. The van der Waals surface area contributed by atoms with Crippen LogP contribution in [0.15, 0.2) is 10.5 Å². The summed E-state index contributed by atoms with van der Waals surface area (Å²) >= 11 is 11.1. The smallest absolute Gasteiger partial charge is 0.307 e. The summed E-state index contributed by atoms with van der Waals surface area (Å²) < 4.78 is 6.75. The van der Waals surface area contributed by atoms with Gasteiger partial charge in [-0.2, -0.15) is 0 Å². The standard InChI is InChI=1S/C14H20BrClN2O2S/c1-3-20-13(19)9-11(12-8-10(15)14(16)21-12)18-6-4-17(2)5-7-18/h8,11H,3-7,9H2,1-2H3. The van der Waals surface area contributed by atoms with Crippen LogP contribution in [-0.2, 0) is 9.53 Å². The Bertz CT molecular complexity index is 470. The molecule has 0 aliphatic carbocycles. The van der Waals surface area contributed by atoms with Crippen molar-refractivity contribution in [2.75, 3.05) is 39.8 Å². The zero-order chi connectivity index (χ0) is 15.4. The van der Waals surface area contributed by atoms with E-state index in [0.29, 0.717) is 13.0 Å². The first-order valence-corrected chi connectivity index (χ1v) is 9.03. The molecule has 2 heterocycles. The number of carbonyl (C=O) groups is 1. The van der Waals surface area contributed by atoms with E-state index in [1.807, 2.05) is 13.0 Å². The van der Waals surface area contributed by atoms with E-state index < -0.39 is 0 Å². The lowest BCUT2D eigenvalue weighted by Crippen LogP contribution is -2.46. The van der Waals surface area contributed by atoms with Crippen molar-refractivity contribution in [3.8, 4) is 0 Å². The fourth-order valence-electron chi connectivity index (χ4n) is 2.45. The van der Waals surface area contributed by atoms with Gasteiger partial charge in [0.1, 0.15) is 4.34 Å². The number of carbonyl (C=O) groups excluding carboxylic acids is 1. The van der Waals surface area contributed by atoms with E-state index in [4.69, 9.17) is 16.3 Å². The maximum atomic E-state index is 11.9. The van der Waals surface area contributed by atoms with Gasteiger partial charge >= 0.3 is 5.97 Å². The van der Waals surface area contributed by atoms with Crippen LogP contribution in [0.1, 0.15) is 24.3 Å². The van der Waals surface area contributed by atoms with Crippen LogP contribution >= 0.6 is 38.9 Å². The van der Waals surface area contributed by atoms with Gasteiger partial charge in [0.15, 0.2) is 0 Å². The Kier molecular flexibility index (Phi) is 6.50. The van der Waals surface area contributed by atoms with Gasteiger partial charge in [-0.15, -0.1) is 11.3 Å². The highest BCUT2D eigenvalue weighted by Gasteiger charge is 2.28. The fraction of sp³-hybridized carbons (Fsp3) is 0.643. The zero-order valence-corrected chi connectivity index (χ0v) is 15.4. The average Bonchev–Trinajstić information content (AvgIpc) is 2.77. The van der Waals surface area contributed by atoms with Gasteiger partial charge in [-0.25, -0.2) is 0 Å². The summed E-state index contributed by atoms with van der Waals surface area (Å²) in [7, 11) is 2.12. The molecule has 1 saturated heterocycles. The Morgan fingerprint density at radius 3 is 2.67 bits per heavy atom. The molecule has 0 radical (unpaired) electrons. The van der Waals surface area contributed by atoms with Crippen molar-refractivity contribution < 1.29 is 9.53 Å². The third kappa shape index (κ3) is 4.66. The van der Waals surface area contributed by atoms with Crippen molar-refractivity contribution in [2.24, 2.45) is 0 Å². The number of likely N-dealkylation sites (N-methyl/N-ethyl adjacent to an activating group) is 1. The molecule has 1 aromatic rings. The molecule has 0 saturated carbocycles. The topological polar surface area (TPSA) is 32.8 Å². The van der Waals surface area contributed by atoms with Crippen LogP contribution in [0.2, 0.25) is 4.34 Å². The average molecular weight is 396 g/mol. The van der Waals surface area contributed by atoms with Gasteiger partial charge < -0.3 is 9.64 Å². The van der Waals surface area contributed by atoms with Crippen molar-refractivity contribution in [1.29, 1.82) is 0 Å². The highest BCUT2D eigenvalue weighted by molar-refractivity contribution is 9.10. The Hall–Kier alpha value is -0.140. The first kappa shape index (κ1) is 17.2. The highest BCUT2D eigenvalue weighted by Crippen LogP contribution is 2.38. The molecule has 1 atom stereocenters. The van der Waals surface area contributed by atoms with Gasteiger partial charge in [0.25, 0.3) is 0 Å². The number of thiophene rings is 1. The van der Waals surface area contributed by atoms with Crippen molar-refractivity contribution in [1.82, 2.24) is 9.80 Å². The fourth-order valence-corrected chi connectivity index (χ4v) is 4.32. The normalized spacial score (nSPS) is 18.7. The zero-order valence-electron chi connectivity index (χ0n) is 12.3. The van der Waals surface area contributed by atoms with Crippen molar-refractivity contribution in [2.45, 2.75) is 19.4 Å². The van der Waals surface area contributed by atoms with E-state index >= 15 is 0 Å². The largest absolute Gasteiger partial charge is 0.466 e. The summed E-state index contributed by atoms with van der Waals surface area (Å²) in [6, 6.07) is 2.07. The molecular weight excluding hydrogens is 376 g/mol. The number of rotatable bonds is 5. The minimum Gasteiger partial charge on any atom is -0.466 e. The van der Waals surface area contributed by atoms with E-state index in [-0.39, 0.29) is 12.0 Å². The van der Waals surface area contributed by atoms with E-state index in [9.17, 15) is 4.79 Å². The van der Waals surface area contributed by atoms with E-state index in [1.165, 1.54) is 11.3 Å².